The van der Waals surface area contributed by atoms with Crippen LogP contribution in [0, 0.1) is 0 Å². The molecule has 0 aliphatic carbocycles. The van der Waals surface area contributed by atoms with Crippen LogP contribution in [0.15, 0.2) is 0 Å². The second-order valence-corrected chi connectivity index (χ2v) is 21.4. The van der Waals surface area contributed by atoms with E-state index in [2.05, 4.69) is 27.7 Å². The first-order valence-corrected chi connectivity index (χ1v) is 21.1. The van der Waals surface area contributed by atoms with E-state index < -0.39 is 18.8 Å². The molecule has 0 atom stereocenters. The Labute approximate surface area is 191 Å². The van der Waals surface area contributed by atoms with Gasteiger partial charge in [0.2, 0.25) is 0 Å². The van der Waals surface area contributed by atoms with Crippen molar-refractivity contribution in [1.82, 2.24) is 0 Å². The molecule has 0 spiro atoms. The van der Waals surface area contributed by atoms with Gasteiger partial charge in [0.1, 0.15) is 0 Å². The Morgan fingerprint density at radius 2 is 0.690 bits per heavy atom. The second-order valence-electron chi connectivity index (χ2n) is 9.58. The quantitative estimate of drug-likeness (QED) is 0.0914. The molecule has 0 aliphatic heterocycles. The third kappa shape index (κ3) is 19.2. The van der Waals surface area contributed by atoms with Gasteiger partial charge in [-0.25, -0.2) is 0 Å². The van der Waals surface area contributed by atoms with E-state index in [0.717, 1.165) is 6.61 Å². The van der Waals surface area contributed by atoms with Crippen LogP contribution in [0.4, 0.5) is 0 Å². The van der Waals surface area contributed by atoms with Crippen molar-refractivity contribution in [1.29, 1.82) is 0 Å². The monoisotopic (exact) mass is 518 g/mol. The molecule has 0 fully saturated rings. The Balaban J connectivity index is 4.52. The number of rotatable bonds is 24. The maximum absolute atomic E-state index is 6.87. The van der Waals surface area contributed by atoms with Crippen molar-refractivity contribution in [2.24, 2.45) is 0 Å². The van der Waals surface area contributed by atoms with Crippen molar-refractivity contribution < 1.29 is 3.07 Å². The first-order valence-electron chi connectivity index (χ1n) is 13.9. The fraction of sp³-hybridized carbons (Fsp3) is 1.00. The molecular formula is C27H58OSn. The molecular weight excluding hydrogens is 459 g/mol. The Bertz CT molecular complexity index is 264. The minimum atomic E-state index is -2.40. The third-order valence-corrected chi connectivity index (χ3v) is 19.7. The zero-order valence-corrected chi connectivity index (χ0v) is 24.0. The van der Waals surface area contributed by atoms with Gasteiger partial charge in [0.15, 0.2) is 0 Å². The summed E-state index contributed by atoms with van der Waals surface area (Å²) in [6.45, 7) is 10.3. The van der Waals surface area contributed by atoms with Crippen LogP contribution in [0.3, 0.4) is 0 Å². The average molecular weight is 517 g/mol. The van der Waals surface area contributed by atoms with E-state index in [1.54, 1.807) is 0 Å². The van der Waals surface area contributed by atoms with Crippen molar-refractivity contribution in [3.63, 3.8) is 0 Å². The molecule has 176 valence electrons. The maximum atomic E-state index is 6.87. The number of hydrogen-bond acceptors (Lipinski definition) is 1. The van der Waals surface area contributed by atoms with Crippen LogP contribution in [-0.4, -0.2) is 25.4 Å². The van der Waals surface area contributed by atoms with Crippen LogP contribution in [0.1, 0.15) is 150 Å². The summed E-state index contributed by atoms with van der Waals surface area (Å²) in [6, 6.07) is 0. The molecule has 0 bridgehead atoms. The van der Waals surface area contributed by atoms with Gasteiger partial charge in [-0.1, -0.05) is 0 Å². The molecule has 0 amide bonds. The second kappa shape index (κ2) is 23.4. The molecule has 0 saturated carbocycles. The first kappa shape index (κ1) is 29.8. The zero-order chi connectivity index (χ0) is 21.5. The molecule has 2 heteroatoms. The van der Waals surface area contributed by atoms with E-state index in [9.17, 15) is 0 Å². The molecule has 29 heavy (non-hydrogen) atoms. The van der Waals surface area contributed by atoms with Gasteiger partial charge in [0.25, 0.3) is 0 Å². The summed E-state index contributed by atoms with van der Waals surface area (Å²) in [6.07, 6.45) is 27.1. The Morgan fingerprint density at radius 1 is 0.379 bits per heavy atom. The zero-order valence-electron chi connectivity index (χ0n) is 21.2. The molecule has 0 saturated heterocycles. The van der Waals surface area contributed by atoms with Crippen molar-refractivity contribution in [2.75, 3.05) is 6.61 Å². The summed E-state index contributed by atoms with van der Waals surface area (Å²) in [4.78, 5) is 0. The van der Waals surface area contributed by atoms with E-state index >= 15 is 0 Å². The van der Waals surface area contributed by atoms with Gasteiger partial charge in [0.05, 0.1) is 0 Å². The fourth-order valence-corrected chi connectivity index (χ4v) is 17.4. The van der Waals surface area contributed by atoms with E-state index in [0.29, 0.717) is 0 Å². The summed E-state index contributed by atoms with van der Waals surface area (Å²) in [7, 11) is 0. The molecule has 1 nitrogen and oxygen atoms in total. The van der Waals surface area contributed by atoms with Crippen LogP contribution < -0.4 is 0 Å². The summed E-state index contributed by atoms with van der Waals surface area (Å²) in [5.74, 6) is 0. The molecule has 0 aromatic rings. The van der Waals surface area contributed by atoms with Gasteiger partial charge in [-0.3, -0.25) is 0 Å². The molecule has 0 aliphatic rings. The van der Waals surface area contributed by atoms with E-state index in [1.807, 2.05) is 0 Å². The van der Waals surface area contributed by atoms with Gasteiger partial charge < -0.3 is 0 Å². The summed E-state index contributed by atoms with van der Waals surface area (Å²) >= 11 is -2.40. The van der Waals surface area contributed by atoms with Crippen LogP contribution in [-0.2, 0) is 3.07 Å². The molecule has 0 rings (SSSR count). The minimum absolute atomic E-state index is 1.05. The van der Waals surface area contributed by atoms with Crippen LogP contribution in [0.2, 0.25) is 13.3 Å². The molecule has 0 aromatic heterocycles. The van der Waals surface area contributed by atoms with Gasteiger partial charge >= 0.3 is 191 Å². The Kier molecular flexibility index (Phi) is 24.0. The first-order chi connectivity index (χ1) is 14.2. The fourth-order valence-electron chi connectivity index (χ4n) is 4.59. The normalized spacial score (nSPS) is 12.0. The topological polar surface area (TPSA) is 9.23 Å². The van der Waals surface area contributed by atoms with E-state index in [-0.39, 0.29) is 0 Å². The predicted molar refractivity (Wildman–Crippen MR) is 137 cm³/mol. The summed E-state index contributed by atoms with van der Waals surface area (Å²) in [5.41, 5.74) is 0. The van der Waals surface area contributed by atoms with Crippen molar-refractivity contribution in [2.45, 2.75) is 163 Å². The van der Waals surface area contributed by atoms with Crippen molar-refractivity contribution in [3.8, 4) is 0 Å². The Hall–Kier alpha value is 0.759. The summed E-state index contributed by atoms with van der Waals surface area (Å²) in [5, 5.41) is 0. The molecule has 0 heterocycles. The Morgan fingerprint density at radius 3 is 1.00 bits per heavy atom. The number of hydrogen-bond donors (Lipinski definition) is 0. The van der Waals surface area contributed by atoms with Crippen molar-refractivity contribution >= 4 is 18.8 Å². The summed E-state index contributed by atoms with van der Waals surface area (Å²) < 4.78 is 11.4. The molecule has 0 unspecified atom stereocenters. The standard InChI is InChI=1S/3C8H17.C3H7O.Sn/c3*1-3-5-7-8-6-4-2;1-2-3-4;/h3*1,3-8H2,2H3;2-3H2,1H3;/q;;;-1;+1. The van der Waals surface area contributed by atoms with Crippen LogP contribution in [0.25, 0.3) is 0 Å². The molecule has 0 radical (unpaired) electrons. The van der Waals surface area contributed by atoms with Gasteiger partial charge in [-0.15, -0.1) is 0 Å². The third-order valence-electron chi connectivity index (χ3n) is 6.57. The van der Waals surface area contributed by atoms with Gasteiger partial charge in [-0.2, -0.15) is 0 Å². The predicted octanol–water partition coefficient (Wildman–Crippen LogP) is 10.4. The van der Waals surface area contributed by atoms with Gasteiger partial charge in [-0.05, 0) is 0 Å². The molecule has 0 aromatic carbocycles. The molecule has 0 N–H and O–H groups in total. The van der Waals surface area contributed by atoms with Gasteiger partial charge in [0, 0.05) is 0 Å². The van der Waals surface area contributed by atoms with Crippen molar-refractivity contribution in [3.05, 3.63) is 0 Å². The average Bonchev–Trinajstić information content (AvgIpc) is 2.74. The number of unbranched alkanes of at least 4 members (excludes halogenated alkanes) is 15. The van der Waals surface area contributed by atoms with Crippen LogP contribution in [0.5, 0.6) is 0 Å². The van der Waals surface area contributed by atoms with E-state index in [1.165, 1.54) is 135 Å². The van der Waals surface area contributed by atoms with Crippen LogP contribution >= 0.6 is 0 Å². The SMILES string of the molecule is CCCCCCC[CH2][Sn]([CH2]CCCCCCC)([CH2]CCCCCCC)[O]CCC. The van der Waals surface area contributed by atoms with E-state index in [4.69, 9.17) is 3.07 Å².